The van der Waals surface area contributed by atoms with Gasteiger partial charge in [0.2, 0.25) is 5.43 Å². The third kappa shape index (κ3) is 1.56. The second kappa shape index (κ2) is 3.96. The summed E-state index contributed by atoms with van der Waals surface area (Å²) in [6.45, 7) is 2.59. The van der Waals surface area contributed by atoms with Crippen molar-refractivity contribution < 1.29 is 9.90 Å². The topological polar surface area (TPSA) is 59.3 Å². The van der Waals surface area contributed by atoms with Gasteiger partial charge in [0.25, 0.3) is 0 Å². The number of rotatable bonds is 2. The van der Waals surface area contributed by atoms with Crippen molar-refractivity contribution >= 4 is 18.1 Å². The van der Waals surface area contributed by atoms with E-state index in [-0.39, 0.29) is 11.0 Å². The van der Waals surface area contributed by atoms with Crippen molar-refractivity contribution in [3.63, 3.8) is 0 Å². The number of fused-ring (bicyclic) bond motifs is 1. The van der Waals surface area contributed by atoms with E-state index >= 15 is 0 Å². The van der Waals surface area contributed by atoms with Gasteiger partial charge in [-0.25, -0.2) is 4.79 Å². The SMILES string of the molecule is CCn1cc(C(=O)O)c(=O)c2c1=CCCC=2. The monoisotopic (exact) mass is 219 g/mol. The lowest BCUT2D eigenvalue weighted by Gasteiger charge is -2.09. The predicted octanol–water partition coefficient (Wildman–Crippen LogP) is -0.0788. The molecule has 0 atom stereocenters. The molecule has 16 heavy (non-hydrogen) atoms. The Morgan fingerprint density at radius 3 is 2.75 bits per heavy atom. The Bertz CT molecular complexity index is 610. The third-order valence-electron chi connectivity index (χ3n) is 2.78. The maximum Gasteiger partial charge on any atom is 0.341 e. The first kappa shape index (κ1) is 10.7. The Balaban J connectivity index is 2.93. The number of aromatic nitrogens is 1. The Morgan fingerprint density at radius 1 is 1.44 bits per heavy atom. The average Bonchev–Trinajstić information content (AvgIpc) is 2.29. The van der Waals surface area contributed by atoms with E-state index in [2.05, 4.69) is 0 Å². The lowest BCUT2D eigenvalue weighted by atomic mass is 10.1. The summed E-state index contributed by atoms with van der Waals surface area (Å²) >= 11 is 0. The Labute approximate surface area is 92.1 Å². The van der Waals surface area contributed by atoms with E-state index in [4.69, 9.17) is 5.11 Å². The highest BCUT2D eigenvalue weighted by Crippen LogP contribution is 1.95. The number of hydrogen-bond donors (Lipinski definition) is 1. The van der Waals surface area contributed by atoms with E-state index in [1.54, 1.807) is 0 Å². The standard InChI is InChI=1S/C12H13NO3/c1-2-13-7-9(12(15)16)11(14)8-5-3-4-6-10(8)13/h5-7H,2-4H2,1H3,(H,15,16). The van der Waals surface area contributed by atoms with E-state index in [9.17, 15) is 9.59 Å². The van der Waals surface area contributed by atoms with Gasteiger partial charge in [0.05, 0.1) is 0 Å². The van der Waals surface area contributed by atoms with Crippen LogP contribution in [0.25, 0.3) is 12.2 Å². The zero-order chi connectivity index (χ0) is 11.7. The van der Waals surface area contributed by atoms with Gasteiger partial charge in [-0.15, -0.1) is 0 Å². The molecule has 0 radical (unpaired) electrons. The van der Waals surface area contributed by atoms with E-state index in [1.807, 2.05) is 23.6 Å². The molecule has 1 aliphatic rings. The Kier molecular flexibility index (Phi) is 2.64. The molecule has 4 nitrogen and oxygen atoms in total. The number of aryl methyl sites for hydroxylation is 1. The van der Waals surface area contributed by atoms with Crippen molar-refractivity contribution in [3.05, 3.63) is 32.6 Å². The Hall–Kier alpha value is -1.84. The fourth-order valence-corrected chi connectivity index (χ4v) is 1.99. The second-order valence-electron chi connectivity index (χ2n) is 3.75. The van der Waals surface area contributed by atoms with Crippen LogP contribution in [-0.2, 0) is 6.54 Å². The van der Waals surface area contributed by atoms with E-state index in [0.29, 0.717) is 11.8 Å². The van der Waals surface area contributed by atoms with Crippen molar-refractivity contribution in [1.29, 1.82) is 0 Å². The summed E-state index contributed by atoms with van der Waals surface area (Å²) in [4.78, 5) is 22.8. The number of hydrogen-bond acceptors (Lipinski definition) is 2. The molecule has 1 aromatic rings. The summed E-state index contributed by atoms with van der Waals surface area (Å²) < 4.78 is 1.82. The highest BCUT2D eigenvalue weighted by Gasteiger charge is 2.12. The fourth-order valence-electron chi connectivity index (χ4n) is 1.99. The normalized spacial score (nSPS) is 13.6. The molecule has 1 N–H and O–H groups in total. The number of aromatic carboxylic acids is 1. The van der Waals surface area contributed by atoms with Crippen LogP contribution in [0.2, 0.25) is 0 Å². The van der Waals surface area contributed by atoms with Gasteiger partial charge in [0, 0.05) is 23.3 Å². The van der Waals surface area contributed by atoms with Gasteiger partial charge in [-0.3, -0.25) is 4.79 Å². The van der Waals surface area contributed by atoms with Crippen molar-refractivity contribution in [2.24, 2.45) is 0 Å². The molecule has 0 fully saturated rings. The molecule has 0 aliphatic heterocycles. The smallest absolute Gasteiger partial charge is 0.341 e. The number of carbonyl (C=O) groups is 1. The van der Waals surface area contributed by atoms with Crippen molar-refractivity contribution in [3.8, 4) is 0 Å². The van der Waals surface area contributed by atoms with Gasteiger partial charge < -0.3 is 9.67 Å². The van der Waals surface area contributed by atoms with Gasteiger partial charge in [0.15, 0.2) is 0 Å². The molecule has 1 aromatic heterocycles. The zero-order valence-corrected chi connectivity index (χ0v) is 9.06. The van der Waals surface area contributed by atoms with Crippen molar-refractivity contribution in [2.45, 2.75) is 26.3 Å². The Morgan fingerprint density at radius 2 is 2.12 bits per heavy atom. The summed E-state index contributed by atoms with van der Waals surface area (Å²) in [5.41, 5.74) is -0.518. The summed E-state index contributed by atoms with van der Waals surface area (Å²) in [6.07, 6.45) is 6.95. The molecule has 1 aliphatic carbocycles. The van der Waals surface area contributed by atoms with Gasteiger partial charge in [-0.1, -0.05) is 12.2 Å². The van der Waals surface area contributed by atoms with Crippen LogP contribution in [0.1, 0.15) is 30.1 Å². The van der Waals surface area contributed by atoms with E-state index < -0.39 is 5.97 Å². The van der Waals surface area contributed by atoms with Crippen LogP contribution in [0, 0.1) is 0 Å². The van der Waals surface area contributed by atoms with Crippen LogP contribution in [0.5, 0.6) is 0 Å². The number of carboxylic acids is 1. The zero-order valence-electron chi connectivity index (χ0n) is 9.06. The van der Waals surface area contributed by atoms with Crippen molar-refractivity contribution in [1.82, 2.24) is 4.57 Å². The minimum Gasteiger partial charge on any atom is -0.477 e. The number of pyridine rings is 1. The van der Waals surface area contributed by atoms with Gasteiger partial charge in [0.1, 0.15) is 5.56 Å². The molecule has 0 unspecified atom stereocenters. The lowest BCUT2D eigenvalue weighted by Crippen LogP contribution is -2.48. The summed E-state index contributed by atoms with van der Waals surface area (Å²) in [7, 11) is 0. The summed E-state index contributed by atoms with van der Waals surface area (Å²) in [5, 5.41) is 10.3. The third-order valence-corrected chi connectivity index (χ3v) is 2.78. The molecular formula is C12H13NO3. The largest absolute Gasteiger partial charge is 0.477 e. The maximum atomic E-state index is 11.9. The first-order valence-electron chi connectivity index (χ1n) is 5.32. The predicted molar refractivity (Wildman–Crippen MR) is 60.7 cm³/mol. The van der Waals surface area contributed by atoms with Gasteiger partial charge in [-0.05, 0) is 19.8 Å². The quantitative estimate of drug-likeness (QED) is 0.757. The van der Waals surface area contributed by atoms with Crippen LogP contribution >= 0.6 is 0 Å². The first-order valence-corrected chi connectivity index (χ1v) is 5.32. The first-order chi connectivity index (χ1) is 7.65. The molecule has 1 heterocycles. The van der Waals surface area contributed by atoms with Crippen LogP contribution in [0.15, 0.2) is 11.0 Å². The van der Waals surface area contributed by atoms with Gasteiger partial charge in [-0.2, -0.15) is 0 Å². The highest BCUT2D eigenvalue weighted by molar-refractivity contribution is 5.87. The molecule has 0 aromatic carbocycles. The van der Waals surface area contributed by atoms with Crippen molar-refractivity contribution in [2.75, 3.05) is 0 Å². The molecule has 2 rings (SSSR count). The molecule has 0 saturated heterocycles. The van der Waals surface area contributed by atoms with Crippen LogP contribution < -0.4 is 16.0 Å². The molecule has 0 bridgehead atoms. The minimum absolute atomic E-state index is 0.146. The molecule has 0 spiro atoms. The second-order valence-corrected chi connectivity index (χ2v) is 3.75. The highest BCUT2D eigenvalue weighted by atomic mass is 16.4. The molecular weight excluding hydrogens is 206 g/mol. The van der Waals surface area contributed by atoms with E-state index in [0.717, 1.165) is 18.2 Å². The van der Waals surface area contributed by atoms with Crippen LogP contribution in [0.4, 0.5) is 0 Å². The number of carboxylic acid groups (broad SMARTS) is 1. The minimum atomic E-state index is -1.16. The fraction of sp³-hybridized carbons (Fsp3) is 0.333. The molecule has 0 saturated carbocycles. The van der Waals surface area contributed by atoms with E-state index in [1.165, 1.54) is 6.20 Å². The molecule has 4 heteroatoms. The summed E-state index contributed by atoms with van der Waals surface area (Å²) in [5.74, 6) is -1.16. The van der Waals surface area contributed by atoms with Crippen LogP contribution in [0.3, 0.4) is 0 Å². The number of nitrogens with zero attached hydrogens (tertiary/aromatic N) is 1. The average molecular weight is 219 g/mol. The lowest BCUT2D eigenvalue weighted by molar-refractivity contribution is 0.0694. The van der Waals surface area contributed by atoms with Crippen LogP contribution in [-0.4, -0.2) is 15.6 Å². The van der Waals surface area contributed by atoms with Gasteiger partial charge >= 0.3 is 5.97 Å². The molecule has 0 amide bonds. The maximum absolute atomic E-state index is 11.9. The summed E-state index contributed by atoms with van der Waals surface area (Å²) in [6, 6.07) is 0. The molecule has 84 valence electrons.